The van der Waals surface area contributed by atoms with Crippen molar-refractivity contribution in [1.82, 2.24) is 29.3 Å². The molecule has 1 spiro atoms. The molecule has 1 saturated carbocycles. The molecule has 210 valence electrons. The Bertz CT molecular complexity index is 1410. The quantitative estimate of drug-likeness (QED) is 0.476. The number of rotatable bonds is 6. The summed E-state index contributed by atoms with van der Waals surface area (Å²) in [5, 5.41) is 27.6. The lowest BCUT2D eigenvalue weighted by atomic mass is 9.85. The number of hydrogen-bond donors (Lipinski definition) is 3. The van der Waals surface area contributed by atoms with Crippen LogP contribution in [0.1, 0.15) is 74.0 Å². The topological polar surface area (TPSA) is 149 Å². The second-order valence-corrected chi connectivity index (χ2v) is 11.4. The molecule has 3 aliphatic rings. The number of fused-ring (bicyclic) bond motifs is 1. The van der Waals surface area contributed by atoms with Gasteiger partial charge in [0.05, 0.1) is 5.69 Å². The van der Waals surface area contributed by atoms with E-state index in [2.05, 4.69) is 10.4 Å². The number of carboxylic acid groups (broad SMARTS) is 1. The van der Waals surface area contributed by atoms with E-state index in [9.17, 15) is 29.4 Å². The standard InChI is InChI=1S/C27H36N6O6/c1-16(2)15-31-23-19(17(3)29-33(23)25(37)21(24(31)36)22(35)28-18-5-6-18)7-8-20(34)32-12-4-9-27(32)10-13-30(14-11-27)26(38)39/h7-8,16,18,36H,4-6,9-15H2,1-3H3,(H,28,35)(H,38,39)/b8-7+. The average molecular weight is 541 g/mol. The van der Waals surface area contributed by atoms with Crippen LogP contribution >= 0.6 is 0 Å². The molecule has 0 bridgehead atoms. The lowest BCUT2D eigenvalue weighted by Gasteiger charge is -2.44. The smallest absolute Gasteiger partial charge is 0.407 e. The highest BCUT2D eigenvalue weighted by molar-refractivity contribution is 5.97. The first-order valence-corrected chi connectivity index (χ1v) is 13.7. The minimum atomic E-state index is -0.937. The normalized spacial score (nSPS) is 19.1. The Hall–Kier alpha value is -3.83. The van der Waals surface area contributed by atoms with Gasteiger partial charge in [-0.3, -0.25) is 19.0 Å². The van der Waals surface area contributed by atoms with Crippen LogP contribution in [0.3, 0.4) is 0 Å². The van der Waals surface area contributed by atoms with Crippen molar-refractivity contribution in [1.29, 1.82) is 0 Å². The largest absolute Gasteiger partial charge is 0.494 e. The Morgan fingerprint density at radius 2 is 1.85 bits per heavy atom. The van der Waals surface area contributed by atoms with Crippen LogP contribution in [-0.2, 0) is 11.3 Å². The zero-order valence-corrected chi connectivity index (χ0v) is 22.6. The highest BCUT2D eigenvalue weighted by Crippen LogP contribution is 2.39. The van der Waals surface area contributed by atoms with Crippen LogP contribution in [0.5, 0.6) is 5.88 Å². The molecule has 3 N–H and O–H groups in total. The fourth-order valence-electron chi connectivity index (χ4n) is 5.94. The van der Waals surface area contributed by atoms with Crippen molar-refractivity contribution < 1.29 is 24.6 Å². The lowest BCUT2D eigenvalue weighted by Crippen LogP contribution is -2.54. The van der Waals surface area contributed by atoms with Crippen LogP contribution in [-0.4, -0.2) is 83.3 Å². The number of carbonyl (C=O) groups excluding carboxylic acids is 2. The van der Waals surface area contributed by atoms with Crippen molar-refractivity contribution in [3.05, 3.63) is 33.3 Å². The summed E-state index contributed by atoms with van der Waals surface area (Å²) < 4.78 is 2.67. The van der Waals surface area contributed by atoms with Crippen molar-refractivity contribution in [2.45, 2.75) is 77.4 Å². The first kappa shape index (κ1) is 26.8. The zero-order valence-electron chi connectivity index (χ0n) is 22.6. The van der Waals surface area contributed by atoms with Crippen molar-refractivity contribution in [3.63, 3.8) is 0 Å². The van der Waals surface area contributed by atoms with Crippen LogP contribution in [0.4, 0.5) is 4.79 Å². The molecule has 4 heterocycles. The number of aryl methyl sites for hydroxylation is 1. The molecule has 39 heavy (non-hydrogen) atoms. The second kappa shape index (κ2) is 10.0. The van der Waals surface area contributed by atoms with Gasteiger partial charge in [0.2, 0.25) is 11.8 Å². The van der Waals surface area contributed by atoms with E-state index >= 15 is 0 Å². The van der Waals surface area contributed by atoms with E-state index in [1.807, 2.05) is 18.7 Å². The van der Waals surface area contributed by atoms with Gasteiger partial charge in [0.15, 0.2) is 5.56 Å². The number of likely N-dealkylation sites (tertiary alicyclic amines) is 2. The monoisotopic (exact) mass is 540 g/mol. The number of aromatic hydroxyl groups is 1. The Balaban J connectivity index is 1.49. The minimum absolute atomic E-state index is 0.0136. The molecule has 3 amide bonds. The number of hydrogen-bond acceptors (Lipinski definition) is 6. The Labute approximate surface area is 225 Å². The van der Waals surface area contributed by atoms with Crippen LogP contribution < -0.4 is 10.9 Å². The highest BCUT2D eigenvalue weighted by atomic mass is 16.4. The molecule has 3 fully saturated rings. The van der Waals surface area contributed by atoms with Crippen LogP contribution in [0, 0.1) is 12.8 Å². The number of nitrogens with one attached hydrogen (secondary N) is 1. The van der Waals surface area contributed by atoms with Gasteiger partial charge in [-0.1, -0.05) is 13.8 Å². The number of aromatic nitrogens is 3. The van der Waals surface area contributed by atoms with E-state index in [4.69, 9.17) is 0 Å². The average Bonchev–Trinajstić information content (AvgIpc) is 3.50. The molecule has 12 nitrogen and oxygen atoms in total. The fraction of sp³-hybridized carbons (Fsp3) is 0.593. The predicted octanol–water partition coefficient (Wildman–Crippen LogP) is 2.21. The van der Waals surface area contributed by atoms with Gasteiger partial charge in [-0.05, 0) is 57.4 Å². The molecular formula is C27H36N6O6. The molecule has 0 atom stereocenters. The molecule has 0 aromatic carbocycles. The summed E-state index contributed by atoms with van der Waals surface area (Å²) in [6.45, 7) is 7.36. The third-order valence-electron chi connectivity index (χ3n) is 8.13. The number of piperidine rings is 1. The summed E-state index contributed by atoms with van der Waals surface area (Å²) in [7, 11) is 0. The van der Waals surface area contributed by atoms with E-state index in [0.29, 0.717) is 55.9 Å². The third-order valence-corrected chi connectivity index (χ3v) is 8.13. The van der Waals surface area contributed by atoms with E-state index < -0.39 is 23.4 Å². The second-order valence-electron chi connectivity index (χ2n) is 11.4. The van der Waals surface area contributed by atoms with Gasteiger partial charge in [0.25, 0.3) is 11.5 Å². The maximum absolute atomic E-state index is 13.4. The molecule has 5 rings (SSSR count). The summed E-state index contributed by atoms with van der Waals surface area (Å²) >= 11 is 0. The van der Waals surface area contributed by atoms with Gasteiger partial charge in [-0.2, -0.15) is 9.61 Å². The SMILES string of the molecule is Cc1nn2c(=O)c(C(=O)NC3CC3)c(O)n(CC(C)C)c2c1/C=C/C(=O)N1CCCC12CCN(C(=O)O)CC2. The summed E-state index contributed by atoms with van der Waals surface area (Å²) in [6, 6.07) is 0.0136. The van der Waals surface area contributed by atoms with Gasteiger partial charge in [-0.25, -0.2) is 4.79 Å². The molecule has 2 aliphatic heterocycles. The van der Waals surface area contributed by atoms with Crippen LogP contribution in [0.2, 0.25) is 0 Å². The van der Waals surface area contributed by atoms with E-state index in [1.165, 1.54) is 15.5 Å². The van der Waals surface area contributed by atoms with Gasteiger partial charge in [0.1, 0.15) is 5.65 Å². The molecule has 1 aliphatic carbocycles. The lowest BCUT2D eigenvalue weighted by molar-refractivity contribution is -0.131. The summed E-state index contributed by atoms with van der Waals surface area (Å²) in [4.78, 5) is 54.2. The van der Waals surface area contributed by atoms with Crippen LogP contribution in [0.25, 0.3) is 11.7 Å². The summed E-state index contributed by atoms with van der Waals surface area (Å²) in [5.74, 6) is -1.13. The highest BCUT2D eigenvalue weighted by Gasteiger charge is 2.45. The van der Waals surface area contributed by atoms with E-state index in [0.717, 1.165) is 30.2 Å². The number of amides is 3. The van der Waals surface area contributed by atoms with Crippen molar-refractivity contribution in [3.8, 4) is 5.88 Å². The van der Waals surface area contributed by atoms with Gasteiger partial charge < -0.3 is 25.3 Å². The van der Waals surface area contributed by atoms with Gasteiger partial charge in [0, 0.05) is 49.4 Å². The van der Waals surface area contributed by atoms with Gasteiger partial charge >= 0.3 is 6.09 Å². The molecule has 2 aromatic rings. The van der Waals surface area contributed by atoms with Gasteiger partial charge in [-0.15, -0.1) is 0 Å². The fourth-order valence-corrected chi connectivity index (χ4v) is 5.94. The first-order chi connectivity index (χ1) is 18.5. The molecule has 2 saturated heterocycles. The first-order valence-electron chi connectivity index (χ1n) is 13.7. The molecular weight excluding hydrogens is 504 g/mol. The van der Waals surface area contributed by atoms with Crippen molar-refractivity contribution in [2.75, 3.05) is 19.6 Å². The van der Waals surface area contributed by atoms with E-state index in [1.54, 1.807) is 13.0 Å². The van der Waals surface area contributed by atoms with E-state index in [-0.39, 0.29) is 29.0 Å². The minimum Gasteiger partial charge on any atom is -0.494 e. The maximum atomic E-state index is 13.4. The number of nitrogens with zero attached hydrogens (tertiary/aromatic N) is 5. The molecule has 0 unspecified atom stereocenters. The Kier molecular flexibility index (Phi) is 6.90. The predicted molar refractivity (Wildman–Crippen MR) is 143 cm³/mol. The number of carbonyl (C=O) groups is 3. The zero-order chi connectivity index (χ0) is 28.1. The molecule has 0 radical (unpaired) electrons. The molecule has 2 aromatic heterocycles. The van der Waals surface area contributed by atoms with Crippen molar-refractivity contribution >= 4 is 29.6 Å². The van der Waals surface area contributed by atoms with Crippen LogP contribution in [0.15, 0.2) is 10.9 Å². The Morgan fingerprint density at radius 1 is 1.15 bits per heavy atom. The van der Waals surface area contributed by atoms with Crippen molar-refractivity contribution in [2.24, 2.45) is 5.92 Å². The Morgan fingerprint density at radius 3 is 2.46 bits per heavy atom. The third kappa shape index (κ3) is 4.87. The summed E-state index contributed by atoms with van der Waals surface area (Å²) in [6.07, 6.45) is 6.73. The molecule has 12 heteroatoms. The summed E-state index contributed by atoms with van der Waals surface area (Å²) in [5.41, 5.74) is -0.0835. The maximum Gasteiger partial charge on any atom is 0.407 e.